The number of aryl methyl sites for hydroxylation is 3. The zero-order valence-electron chi connectivity index (χ0n) is 11.2. The zero-order chi connectivity index (χ0) is 14.6. The SMILES string of the molecule is Cc1cc(C)c(S(=O)(=O)NCCOC(N)=O)c(C)c1. The predicted octanol–water partition coefficient (Wildman–Crippen LogP) is 0.985. The van der Waals surface area contributed by atoms with Gasteiger partial charge in [-0.1, -0.05) is 17.7 Å². The van der Waals surface area contributed by atoms with Crippen LogP contribution in [0.4, 0.5) is 4.79 Å². The Labute approximate surface area is 113 Å². The van der Waals surface area contributed by atoms with E-state index < -0.39 is 16.1 Å². The third-order valence-corrected chi connectivity index (χ3v) is 4.28. The first-order chi connectivity index (χ1) is 8.74. The number of carbonyl (C=O) groups is 1. The number of hydrogen-bond donors (Lipinski definition) is 2. The van der Waals surface area contributed by atoms with Crippen LogP contribution in [0.15, 0.2) is 17.0 Å². The first kappa shape index (κ1) is 15.5. The topological polar surface area (TPSA) is 98.5 Å². The Balaban J connectivity index is 2.86. The van der Waals surface area contributed by atoms with Crippen LogP contribution in [-0.4, -0.2) is 27.7 Å². The van der Waals surface area contributed by atoms with Crippen LogP contribution in [0, 0.1) is 20.8 Å². The van der Waals surface area contributed by atoms with Crippen LogP contribution in [0.5, 0.6) is 0 Å². The van der Waals surface area contributed by atoms with Crippen molar-refractivity contribution >= 4 is 16.1 Å². The molecule has 0 saturated carbocycles. The van der Waals surface area contributed by atoms with Crippen LogP contribution in [0.25, 0.3) is 0 Å². The summed E-state index contributed by atoms with van der Waals surface area (Å²) in [5.41, 5.74) is 7.15. The molecule has 0 bridgehead atoms. The lowest BCUT2D eigenvalue weighted by Gasteiger charge is -2.13. The lowest BCUT2D eigenvalue weighted by Crippen LogP contribution is -2.30. The van der Waals surface area contributed by atoms with Gasteiger partial charge in [0.15, 0.2) is 0 Å². The minimum absolute atomic E-state index is 0.0158. The molecule has 1 aromatic carbocycles. The highest BCUT2D eigenvalue weighted by Gasteiger charge is 2.19. The van der Waals surface area contributed by atoms with Crippen LogP contribution < -0.4 is 10.5 Å². The maximum absolute atomic E-state index is 12.1. The Morgan fingerprint density at radius 1 is 1.26 bits per heavy atom. The van der Waals surface area contributed by atoms with Gasteiger partial charge in [-0.3, -0.25) is 0 Å². The lowest BCUT2D eigenvalue weighted by molar-refractivity contribution is 0.159. The maximum atomic E-state index is 12.1. The first-order valence-corrected chi connectivity index (χ1v) is 7.22. The predicted molar refractivity (Wildman–Crippen MR) is 71.4 cm³/mol. The summed E-state index contributed by atoms with van der Waals surface area (Å²) in [6.45, 7) is 5.28. The molecule has 106 valence electrons. The molecular formula is C12H18N2O4S. The summed E-state index contributed by atoms with van der Waals surface area (Å²) in [6.07, 6.45) is -0.929. The van der Waals surface area contributed by atoms with E-state index >= 15 is 0 Å². The van der Waals surface area contributed by atoms with Crippen molar-refractivity contribution in [1.29, 1.82) is 0 Å². The second-order valence-corrected chi connectivity index (χ2v) is 6.00. The normalized spacial score (nSPS) is 11.3. The van der Waals surface area contributed by atoms with Crippen molar-refractivity contribution < 1.29 is 17.9 Å². The van der Waals surface area contributed by atoms with E-state index in [1.165, 1.54) is 0 Å². The fraction of sp³-hybridized carbons (Fsp3) is 0.417. The molecule has 0 unspecified atom stereocenters. The number of ether oxygens (including phenoxy) is 1. The second kappa shape index (κ2) is 6.03. The number of rotatable bonds is 5. The summed E-state index contributed by atoms with van der Waals surface area (Å²) in [5.74, 6) is 0. The molecule has 0 radical (unpaired) electrons. The van der Waals surface area contributed by atoms with E-state index in [4.69, 9.17) is 5.73 Å². The molecule has 1 rings (SSSR count). The summed E-state index contributed by atoms with van der Waals surface area (Å²) in [6, 6.07) is 3.61. The highest BCUT2D eigenvalue weighted by molar-refractivity contribution is 7.89. The second-order valence-electron chi connectivity index (χ2n) is 4.29. The first-order valence-electron chi connectivity index (χ1n) is 5.74. The Kier molecular flexibility index (Phi) is 4.90. The molecule has 0 spiro atoms. The van der Waals surface area contributed by atoms with Crippen molar-refractivity contribution in [2.24, 2.45) is 5.73 Å². The summed E-state index contributed by atoms with van der Waals surface area (Å²) >= 11 is 0. The van der Waals surface area contributed by atoms with E-state index in [2.05, 4.69) is 9.46 Å². The number of benzene rings is 1. The lowest BCUT2D eigenvalue weighted by atomic mass is 10.1. The average molecular weight is 286 g/mol. The zero-order valence-corrected chi connectivity index (χ0v) is 12.0. The standard InChI is InChI=1S/C12H18N2O4S/c1-8-6-9(2)11(10(3)7-8)19(16,17)14-4-5-18-12(13)15/h6-7,14H,4-5H2,1-3H3,(H2,13,15). The number of amides is 1. The van der Waals surface area contributed by atoms with E-state index in [0.717, 1.165) is 5.56 Å². The fourth-order valence-corrected chi connectivity index (χ4v) is 3.45. The van der Waals surface area contributed by atoms with Gasteiger partial charge in [0.2, 0.25) is 10.0 Å². The van der Waals surface area contributed by atoms with E-state index in [-0.39, 0.29) is 18.0 Å². The van der Waals surface area contributed by atoms with Crippen molar-refractivity contribution in [1.82, 2.24) is 4.72 Å². The molecular weight excluding hydrogens is 268 g/mol. The Morgan fingerprint density at radius 2 is 1.79 bits per heavy atom. The molecule has 1 aromatic rings. The van der Waals surface area contributed by atoms with Gasteiger partial charge in [0.25, 0.3) is 0 Å². The molecule has 7 heteroatoms. The van der Waals surface area contributed by atoms with Gasteiger partial charge in [0.05, 0.1) is 4.90 Å². The molecule has 19 heavy (non-hydrogen) atoms. The Morgan fingerprint density at radius 3 is 2.26 bits per heavy atom. The molecule has 0 aliphatic carbocycles. The molecule has 0 heterocycles. The van der Waals surface area contributed by atoms with E-state index in [1.54, 1.807) is 13.8 Å². The van der Waals surface area contributed by atoms with E-state index in [9.17, 15) is 13.2 Å². The summed E-state index contributed by atoms with van der Waals surface area (Å²) in [4.78, 5) is 10.6. The fourth-order valence-electron chi connectivity index (χ4n) is 1.99. The Bertz CT molecular complexity index is 558. The molecule has 3 N–H and O–H groups in total. The third kappa shape index (κ3) is 4.22. The number of nitrogens with one attached hydrogen (secondary N) is 1. The number of hydrogen-bond acceptors (Lipinski definition) is 4. The van der Waals surface area contributed by atoms with Gasteiger partial charge in [0, 0.05) is 6.54 Å². The van der Waals surface area contributed by atoms with Crippen molar-refractivity contribution in [2.45, 2.75) is 25.7 Å². The van der Waals surface area contributed by atoms with Crippen molar-refractivity contribution in [3.8, 4) is 0 Å². The maximum Gasteiger partial charge on any atom is 0.404 e. The van der Waals surface area contributed by atoms with Crippen LogP contribution >= 0.6 is 0 Å². The number of primary amides is 1. The smallest absolute Gasteiger partial charge is 0.404 e. The largest absolute Gasteiger partial charge is 0.448 e. The molecule has 0 atom stereocenters. The highest BCUT2D eigenvalue weighted by atomic mass is 32.2. The molecule has 6 nitrogen and oxygen atoms in total. The minimum atomic E-state index is -3.62. The number of nitrogens with two attached hydrogens (primary N) is 1. The van der Waals surface area contributed by atoms with Gasteiger partial charge in [0.1, 0.15) is 6.61 Å². The Hall–Kier alpha value is -1.60. The van der Waals surface area contributed by atoms with Crippen molar-refractivity contribution in [2.75, 3.05) is 13.2 Å². The summed E-state index contributed by atoms with van der Waals surface area (Å²) in [5, 5.41) is 0. The van der Waals surface area contributed by atoms with Gasteiger partial charge < -0.3 is 10.5 Å². The quantitative estimate of drug-likeness (QED) is 0.788. The van der Waals surface area contributed by atoms with E-state index in [1.807, 2.05) is 19.1 Å². The third-order valence-electron chi connectivity index (χ3n) is 2.51. The molecule has 0 aromatic heterocycles. The molecule has 0 aliphatic rings. The van der Waals surface area contributed by atoms with Crippen LogP contribution in [0.2, 0.25) is 0 Å². The van der Waals surface area contributed by atoms with Gasteiger partial charge in [-0.2, -0.15) is 0 Å². The van der Waals surface area contributed by atoms with Crippen LogP contribution in [-0.2, 0) is 14.8 Å². The average Bonchev–Trinajstić information content (AvgIpc) is 2.22. The molecule has 1 amide bonds. The minimum Gasteiger partial charge on any atom is -0.448 e. The van der Waals surface area contributed by atoms with Crippen LogP contribution in [0.1, 0.15) is 16.7 Å². The van der Waals surface area contributed by atoms with Gasteiger partial charge in [-0.15, -0.1) is 0 Å². The molecule has 0 fully saturated rings. The summed E-state index contributed by atoms with van der Waals surface area (Å²) < 4.78 is 31.1. The van der Waals surface area contributed by atoms with E-state index in [0.29, 0.717) is 11.1 Å². The summed E-state index contributed by atoms with van der Waals surface area (Å²) in [7, 11) is -3.62. The number of sulfonamides is 1. The van der Waals surface area contributed by atoms with Gasteiger partial charge >= 0.3 is 6.09 Å². The molecule has 0 aliphatic heterocycles. The number of carbonyl (C=O) groups excluding carboxylic acids is 1. The highest BCUT2D eigenvalue weighted by Crippen LogP contribution is 2.21. The van der Waals surface area contributed by atoms with Gasteiger partial charge in [-0.05, 0) is 31.9 Å². The van der Waals surface area contributed by atoms with Crippen molar-refractivity contribution in [3.63, 3.8) is 0 Å². The van der Waals surface area contributed by atoms with Gasteiger partial charge in [-0.25, -0.2) is 17.9 Å². The molecule has 0 saturated heterocycles. The van der Waals surface area contributed by atoms with Crippen LogP contribution in [0.3, 0.4) is 0 Å². The van der Waals surface area contributed by atoms with Crippen molar-refractivity contribution in [3.05, 3.63) is 28.8 Å². The monoisotopic (exact) mass is 286 g/mol.